The van der Waals surface area contributed by atoms with Gasteiger partial charge in [0, 0.05) is 30.9 Å². The third-order valence-corrected chi connectivity index (χ3v) is 8.10. The van der Waals surface area contributed by atoms with Crippen molar-refractivity contribution in [3.63, 3.8) is 0 Å². The van der Waals surface area contributed by atoms with Gasteiger partial charge in [0.15, 0.2) is 0 Å². The molecular weight excluding hydrogens is 469 g/mol. The Morgan fingerprint density at radius 2 is 1.78 bits per heavy atom. The summed E-state index contributed by atoms with van der Waals surface area (Å²) >= 11 is 0. The van der Waals surface area contributed by atoms with Crippen LogP contribution in [-0.4, -0.2) is 40.7 Å². The number of hydrogen-bond acceptors (Lipinski definition) is 4. The molecule has 1 aliphatic rings. The zero-order chi connectivity index (χ0) is 26.9. The van der Waals surface area contributed by atoms with Gasteiger partial charge in [0.25, 0.3) is 5.91 Å². The first-order chi connectivity index (χ1) is 17.7. The number of nitrogens with one attached hydrogen (secondary N) is 2. The second kappa shape index (κ2) is 13.7. The van der Waals surface area contributed by atoms with Gasteiger partial charge in [-0.3, -0.25) is 14.6 Å². The van der Waals surface area contributed by atoms with E-state index in [-0.39, 0.29) is 42.4 Å². The van der Waals surface area contributed by atoms with Crippen LogP contribution < -0.4 is 10.6 Å². The van der Waals surface area contributed by atoms with E-state index in [2.05, 4.69) is 47.7 Å². The van der Waals surface area contributed by atoms with Crippen molar-refractivity contribution in [3.05, 3.63) is 53.3 Å². The summed E-state index contributed by atoms with van der Waals surface area (Å²) in [6, 6.07) is 10.4. The highest BCUT2D eigenvalue weighted by Crippen LogP contribution is 2.36. The maximum atomic E-state index is 13.9. The fourth-order valence-corrected chi connectivity index (χ4v) is 5.10. The lowest BCUT2D eigenvalue weighted by atomic mass is 9.82. The minimum Gasteiger partial charge on any atom is -0.481 e. The molecule has 1 aromatic heterocycles. The number of carboxylic acids is 1. The molecule has 2 aromatic rings. The van der Waals surface area contributed by atoms with Crippen LogP contribution in [0, 0.1) is 11.8 Å². The predicted molar refractivity (Wildman–Crippen MR) is 145 cm³/mol. The number of nitrogens with zero attached hydrogens (tertiary/aromatic N) is 1. The van der Waals surface area contributed by atoms with Crippen molar-refractivity contribution in [3.8, 4) is 11.1 Å². The molecule has 202 valence electrons. The minimum atomic E-state index is -0.958. The zero-order valence-electron chi connectivity index (χ0n) is 22.6. The van der Waals surface area contributed by atoms with E-state index in [0.29, 0.717) is 12.5 Å². The fourth-order valence-electron chi connectivity index (χ4n) is 5.10. The van der Waals surface area contributed by atoms with Crippen molar-refractivity contribution in [2.24, 2.45) is 11.8 Å². The number of rotatable bonds is 12. The van der Waals surface area contributed by atoms with Crippen LogP contribution in [0.25, 0.3) is 11.1 Å². The Bertz CT molecular complexity index is 1030. The van der Waals surface area contributed by atoms with Gasteiger partial charge in [0.1, 0.15) is 11.9 Å². The lowest BCUT2D eigenvalue weighted by Gasteiger charge is -2.28. The number of carbonyl (C=O) groups is 2. The molecule has 0 saturated heterocycles. The predicted octanol–water partition coefficient (Wildman–Crippen LogP) is 6.11. The van der Waals surface area contributed by atoms with Crippen LogP contribution in [0.2, 0.25) is 0 Å². The highest BCUT2D eigenvalue weighted by atomic mass is 19.1. The quantitative estimate of drug-likeness (QED) is 0.320. The highest BCUT2D eigenvalue weighted by molar-refractivity contribution is 5.92. The van der Waals surface area contributed by atoms with Gasteiger partial charge in [-0.25, -0.2) is 4.39 Å². The van der Waals surface area contributed by atoms with E-state index in [4.69, 9.17) is 5.11 Å². The molecule has 7 heteroatoms. The van der Waals surface area contributed by atoms with Crippen molar-refractivity contribution < 1.29 is 19.1 Å². The summed E-state index contributed by atoms with van der Waals surface area (Å²) in [5, 5.41) is 15.0. The first-order valence-corrected chi connectivity index (χ1v) is 13.6. The Kier molecular flexibility index (Phi) is 10.6. The zero-order valence-corrected chi connectivity index (χ0v) is 22.6. The van der Waals surface area contributed by atoms with Gasteiger partial charge >= 0.3 is 5.97 Å². The van der Waals surface area contributed by atoms with Gasteiger partial charge in [-0.15, -0.1) is 0 Å². The SMILES string of the molecule is CC(NCc1ccc(C2CCCCC2)cc1-c1ccc(C(=O)NCCC(=O)O)nc1)[C@@H](C)[C@@H](C)[C@H](C)F. The van der Waals surface area contributed by atoms with Crippen LogP contribution in [0.5, 0.6) is 0 Å². The number of aliphatic carboxylic acids is 1. The molecule has 37 heavy (non-hydrogen) atoms. The molecule has 0 spiro atoms. The van der Waals surface area contributed by atoms with Gasteiger partial charge in [-0.1, -0.05) is 57.4 Å². The number of amides is 1. The van der Waals surface area contributed by atoms with Crippen molar-refractivity contribution in [1.82, 2.24) is 15.6 Å². The number of hydrogen-bond donors (Lipinski definition) is 3. The van der Waals surface area contributed by atoms with Crippen molar-refractivity contribution in [1.29, 1.82) is 0 Å². The molecule has 4 atom stereocenters. The number of aromatic nitrogens is 1. The van der Waals surface area contributed by atoms with Crippen LogP contribution in [0.1, 0.15) is 93.8 Å². The summed E-state index contributed by atoms with van der Waals surface area (Å²) in [7, 11) is 0. The lowest BCUT2D eigenvalue weighted by molar-refractivity contribution is -0.136. The van der Waals surface area contributed by atoms with Crippen LogP contribution in [0.3, 0.4) is 0 Å². The molecule has 1 heterocycles. The topological polar surface area (TPSA) is 91.3 Å². The summed E-state index contributed by atoms with van der Waals surface area (Å²) in [5.74, 6) is -0.628. The Hall–Kier alpha value is -2.80. The van der Waals surface area contributed by atoms with E-state index in [1.165, 1.54) is 37.7 Å². The molecule has 1 aromatic carbocycles. The van der Waals surface area contributed by atoms with Crippen LogP contribution in [0.15, 0.2) is 36.5 Å². The van der Waals surface area contributed by atoms with Gasteiger partial charge in [-0.2, -0.15) is 0 Å². The summed E-state index contributed by atoms with van der Waals surface area (Å²) in [4.78, 5) is 27.4. The Labute approximate surface area is 220 Å². The Balaban J connectivity index is 1.81. The molecule has 1 fully saturated rings. The number of alkyl halides is 1. The molecule has 1 saturated carbocycles. The molecule has 1 amide bonds. The highest BCUT2D eigenvalue weighted by Gasteiger charge is 2.24. The third kappa shape index (κ3) is 8.09. The van der Waals surface area contributed by atoms with Crippen LogP contribution in [-0.2, 0) is 11.3 Å². The van der Waals surface area contributed by atoms with Crippen LogP contribution >= 0.6 is 0 Å². The van der Waals surface area contributed by atoms with Gasteiger partial charge in [0.05, 0.1) is 6.42 Å². The summed E-state index contributed by atoms with van der Waals surface area (Å²) < 4.78 is 13.9. The normalized spacial score (nSPS) is 17.5. The minimum absolute atomic E-state index is 0.0333. The molecule has 0 aliphatic heterocycles. The monoisotopic (exact) mass is 511 g/mol. The van der Waals surface area contributed by atoms with Crippen molar-refractivity contribution in [2.75, 3.05) is 6.54 Å². The maximum Gasteiger partial charge on any atom is 0.305 e. The summed E-state index contributed by atoms with van der Waals surface area (Å²) in [5.41, 5.74) is 4.76. The molecular formula is C30H42FN3O3. The maximum absolute atomic E-state index is 13.9. The van der Waals surface area contributed by atoms with Crippen molar-refractivity contribution in [2.45, 2.75) is 90.9 Å². The van der Waals surface area contributed by atoms with Gasteiger partial charge < -0.3 is 15.7 Å². The molecule has 1 aliphatic carbocycles. The van der Waals surface area contributed by atoms with E-state index in [1.54, 1.807) is 19.2 Å². The number of halogens is 1. The van der Waals surface area contributed by atoms with Crippen LogP contribution in [0.4, 0.5) is 4.39 Å². The average molecular weight is 512 g/mol. The molecule has 0 bridgehead atoms. The smallest absolute Gasteiger partial charge is 0.305 e. The Morgan fingerprint density at radius 3 is 2.41 bits per heavy atom. The first-order valence-electron chi connectivity index (χ1n) is 13.6. The molecule has 6 nitrogen and oxygen atoms in total. The largest absolute Gasteiger partial charge is 0.481 e. The van der Waals surface area contributed by atoms with E-state index in [0.717, 1.165) is 16.7 Å². The molecule has 3 N–H and O–H groups in total. The summed E-state index contributed by atoms with van der Waals surface area (Å²) in [6.07, 6.45) is 6.97. The second-order valence-electron chi connectivity index (χ2n) is 10.6. The standard InChI is InChI=1S/C30H42FN3O3/c1-19(21(3)31)20(2)22(4)33-17-25-11-10-24(23-8-6-5-7-9-23)16-27(25)26-12-13-28(34-18-26)30(37)32-15-14-29(35)36/h10-13,16,18-23,33H,5-9,14-15,17H2,1-4H3,(H,32,37)(H,35,36)/t19-,20+,21+,22?/m1/s1. The first kappa shape index (κ1) is 28.8. The third-order valence-electron chi connectivity index (χ3n) is 8.10. The number of carbonyl (C=O) groups excluding carboxylic acids is 1. The molecule has 0 radical (unpaired) electrons. The van der Waals surface area contributed by atoms with Gasteiger partial charge in [0.2, 0.25) is 0 Å². The fraction of sp³-hybridized carbons (Fsp3) is 0.567. The van der Waals surface area contributed by atoms with Gasteiger partial charge in [-0.05, 0) is 67.2 Å². The van der Waals surface area contributed by atoms with E-state index in [1.807, 2.05) is 13.0 Å². The molecule has 1 unspecified atom stereocenters. The van der Waals surface area contributed by atoms with Crippen molar-refractivity contribution >= 4 is 11.9 Å². The average Bonchev–Trinajstić information content (AvgIpc) is 2.91. The number of carboxylic acid groups (broad SMARTS) is 1. The van der Waals surface area contributed by atoms with E-state index < -0.39 is 12.1 Å². The Morgan fingerprint density at radius 1 is 1.05 bits per heavy atom. The lowest BCUT2D eigenvalue weighted by Crippen LogP contribution is -2.37. The number of pyridine rings is 1. The summed E-state index contributed by atoms with van der Waals surface area (Å²) in [6.45, 7) is 8.50. The second-order valence-corrected chi connectivity index (χ2v) is 10.6. The number of benzene rings is 1. The van der Waals surface area contributed by atoms with E-state index in [9.17, 15) is 14.0 Å². The molecule has 3 rings (SSSR count). The van der Waals surface area contributed by atoms with E-state index >= 15 is 0 Å².